The van der Waals surface area contributed by atoms with Gasteiger partial charge in [0.25, 0.3) is 0 Å². The Bertz CT molecular complexity index is 1000. The summed E-state index contributed by atoms with van der Waals surface area (Å²) in [6, 6.07) is 42.1. The van der Waals surface area contributed by atoms with E-state index in [0.717, 1.165) is 35.4 Å². The van der Waals surface area contributed by atoms with Crippen LogP contribution >= 0.6 is 0 Å². The van der Waals surface area contributed by atoms with Crippen LogP contribution in [0.3, 0.4) is 0 Å². The molecule has 0 saturated carbocycles. The van der Waals surface area contributed by atoms with Crippen molar-refractivity contribution >= 4 is 11.4 Å². The van der Waals surface area contributed by atoms with Crippen molar-refractivity contribution in [2.75, 3.05) is 0 Å². The Hall–Kier alpha value is -3.67. The van der Waals surface area contributed by atoms with Gasteiger partial charge in [-0.1, -0.05) is 102 Å². The zero-order valence-corrected chi connectivity index (χ0v) is 16.4. The number of hydrogen-bond donors (Lipinski definition) is 0. The first-order chi connectivity index (χ1) is 14.4. The maximum Gasteiger partial charge on any atom is 0.315 e. The van der Waals surface area contributed by atoms with Crippen molar-refractivity contribution in [2.24, 2.45) is 0 Å². The molecule has 0 amide bonds. The molecule has 0 saturated heterocycles. The Morgan fingerprint density at radius 2 is 0.724 bits per heavy atom. The Labute approximate surface area is 172 Å². The highest BCUT2D eigenvalue weighted by Crippen LogP contribution is 2.09. The highest BCUT2D eigenvalue weighted by Gasteiger charge is 2.19. The van der Waals surface area contributed by atoms with Crippen molar-refractivity contribution in [1.29, 1.82) is 0 Å². The van der Waals surface area contributed by atoms with Gasteiger partial charge < -0.3 is 0 Å². The molecule has 1 heteroatoms. The van der Waals surface area contributed by atoms with E-state index in [4.69, 9.17) is 4.67 Å². The lowest BCUT2D eigenvalue weighted by molar-refractivity contribution is 1.26. The second-order valence-electron chi connectivity index (χ2n) is 7.06. The summed E-state index contributed by atoms with van der Waals surface area (Å²) in [7, 11) is 0. The van der Waals surface area contributed by atoms with E-state index in [0.29, 0.717) is 0 Å². The highest BCUT2D eigenvalue weighted by atomic mass is 14.6. The maximum atomic E-state index is 5.24. The van der Waals surface area contributed by atoms with Crippen molar-refractivity contribution < 1.29 is 0 Å². The second-order valence-corrected chi connectivity index (χ2v) is 7.06. The fraction of sp³-hybridized carbons (Fsp3) is 0.0714. The predicted octanol–water partition coefficient (Wildman–Crippen LogP) is 5.52. The molecule has 140 valence electrons. The van der Waals surface area contributed by atoms with Gasteiger partial charge in [0.1, 0.15) is 0 Å². The van der Waals surface area contributed by atoms with Crippen LogP contribution in [-0.2, 0) is 12.8 Å². The molecule has 29 heavy (non-hydrogen) atoms. The number of rotatable bonds is 6. The predicted molar refractivity (Wildman–Crippen MR) is 124 cm³/mol. The molecule has 0 aliphatic heterocycles. The van der Waals surface area contributed by atoms with Crippen LogP contribution in [0.5, 0.6) is 0 Å². The molecule has 4 rings (SSSR count). The van der Waals surface area contributed by atoms with E-state index >= 15 is 0 Å². The number of hydrogen-bond acceptors (Lipinski definition) is 0. The van der Waals surface area contributed by atoms with E-state index in [1.54, 1.807) is 0 Å². The first-order valence-electron chi connectivity index (χ1n) is 10.0. The van der Waals surface area contributed by atoms with Crippen molar-refractivity contribution in [3.8, 4) is 0 Å². The molecule has 0 atom stereocenters. The molecule has 0 bridgehead atoms. The highest BCUT2D eigenvalue weighted by molar-refractivity contribution is 6.09. The third kappa shape index (κ3) is 5.19. The van der Waals surface area contributed by atoms with Gasteiger partial charge in [0, 0.05) is 0 Å². The molecular weight excluding hydrogens is 350 g/mol. The largest absolute Gasteiger partial charge is 0.315 e. The molecule has 0 aromatic heterocycles. The van der Waals surface area contributed by atoms with Gasteiger partial charge in [0.2, 0.25) is 0 Å². The monoisotopic (exact) mass is 374 g/mol. The third-order valence-electron chi connectivity index (χ3n) is 4.91. The van der Waals surface area contributed by atoms with Gasteiger partial charge in [0.05, 0.1) is 24.0 Å². The molecule has 0 N–H and O–H groups in total. The van der Waals surface area contributed by atoms with Gasteiger partial charge in [-0.15, -0.1) is 0 Å². The summed E-state index contributed by atoms with van der Waals surface area (Å²) in [5.41, 5.74) is 7.04. The fourth-order valence-corrected chi connectivity index (χ4v) is 3.41. The topological polar surface area (TPSA) is 14.1 Å². The van der Waals surface area contributed by atoms with E-state index in [1.807, 2.05) is 0 Å². The molecule has 0 aliphatic carbocycles. The van der Waals surface area contributed by atoms with Gasteiger partial charge in [0.15, 0.2) is 0 Å². The standard InChI is InChI=1S/C28H24N/c1-5-13-23(14-6-1)21-27(25-17-9-3-10-18-25)29-28(26-19-11-4-12-20-26)22-24-15-7-2-8-16-24/h1-20H,21-22H2/q+1. The minimum atomic E-state index is 0.802. The molecule has 0 radical (unpaired) electrons. The maximum absolute atomic E-state index is 5.24. The summed E-state index contributed by atoms with van der Waals surface area (Å²) < 4.78 is 5.24. The van der Waals surface area contributed by atoms with Gasteiger partial charge in [-0.05, 0) is 35.4 Å². The lowest BCUT2D eigenvalue weighted by Crippen LogP contribution is -2.16. The zero-order chi connectivity index (χ0) is 19.7. The van der Waals surface area contributed by atoms with E-state index in [-0.39, 0.29) is 0 Å². The van der Waals surface area contributed by atoms with E-state index in [2.05, 4.69) is 121 Å². The van der Waals surface area contributed by atoms with Crippen LogP contribution in [0.4, 0.5) is 0 Å². The summed E-state index contributed by atoms with van der Waals surface area (Å²) in [5.74, 6) is 0. The first kappa shape index (κ1) is 18.7. The molecule has 0 aliphatic rings. The van der Waals surface area contributed by atoms with Crippen LogP contribution in [0.15, 0.2) is 121 Å². The van der Waals surface area contributed by atoms with Crippen LogP contribution < -0.4 is 4.67 Å². The quantitative estimate of drug-likeness (QED) is 0.312. The Morgan fingerprint density at radius 1 is 0.414 bits per heavy atom. The molecule has 1 nitrogen and oxygen atoms in total. The van der Waals surface area contributed by atoms with Crippen LogP contribution in [0.1, 0.15) is 22.3 Å². The van der Waals surface area contributed by atoms with Crippen molar-refractivity contribution in [3.05, 3.63) is 144 Å². The number of nitrogens with zero attached hydrogens (tertiary/aromatic N) is 1. The molecule has 0 fully saturated rings. The molecule has 4 aromatic rings. The smallest absolute Gasteiger partial charge is 0.0921 e. The summed E-state index contributed by atoms with van der Waals surface area (Å²) in [6.07, 6.45) is 1.60. The van der Waals surface area contributed by atoms with Crippen molar-refractivity contribution in [2.45, 2.75) is 12.8 Å². The second kappa shape index (κ2) is 9.50. The minimum Gasteiger partial charge on any atom is -0.0921 e. The molecule has 0 spiro atoms. The van der Waals surface area contributed by atoms with Crippen molar-refractivity contribution in [3.63, 3.8) is 0 Å². The number of benzene rings is 4. The van der Waals surface area contributed by atoms with Gasteiger partial charge in [-0.2, -0.15) is 0 Å². The van der Waals surface area contributed by atoms with Gasteiger partial charge in [-0.25, -0.2) is 0 Å². The van der Waals surface area contributed by atoms with Crippen LogP contribution in [-0.4, -0.2) is 11.4 Å². The average Bonchev–Trinajstić information content (AvgIpc) is 2.81. The molecule has 0 heterocycles. The minimum absolute atomic E-state index is 0.802. The lowest BCUT2D eigenvalue weighted by Gasteiger charge is -2.00. The van der Waals surface area contributed by atoms with E-state index in [9.17, 15) is 0 Å². The van der Waals surface area contributed by atoms with Gasteiger partial charge >= 0.3 is 11.4 Å². The SMILES string of the molecule is c1ccc(CC(=[N+]=C(Cc2ccccc2)c2ccccc2)c2ccccc2)cc1. The molecule has 0 unspecified atom stereocenters. The van der Waals surface area contributed by atoms with Crippen molar-refractivity contribution in [1.82, 2.24) is 4.67 Å². The third-order valence-corrected chi connectivity index (χ3v) is 4.91. The van der Waals surface area contributed by atoms with E-state index in [1.165, 1.54) is 11.1 Å². The summed E-state index contributed by atoms with van der Waals surface area (Å²) in [4.78, 5) is 0. The molecular formula is C28H24N+. The summed E-state index contributed by atoms with van der Waals surface area (Å²) in [5, 5.41) is 0. The zero-order valence-electron chi connectivity index (χ0n) is 16.4. The van der Waals surface area contributed by atoms with Crippen LogP contribution in [0, 0.1) is 0 Å². The lowest BCUT2D eigenvalue weighted by atomic mass is 10.00. The summed E-state index contributed by atoms with van der Waals surface area (Å²) in [6.45, 7) is 0. The fourth-order valence-electron chi connectivity index (χ4n) is 3.41. The molecule has 4 aromatic carbocycles. The first-order valence-corrected chi connectivity index (χ1v) is 10.0. The van der Waals surface area contributed by atoms with Crippen LogP contribution in [0.2, 0.25) is 0 Å². The Balaban J connectivity index is 1.86. The van der Waals surface area contributed by atoms with Gasteiger partial charge in [-0.3, -0.25) is 0 Å². The average molecular weight is 375 g/mol. The Kier molecular flexibility index (Phi) is 6.12. The van der Waals surface area contributed by atoms with E-state index < -0.39 is 0 Å². The van der Waals surface area contributed by atoms with Crippen LogP contribution in [0.25, 0.3) is 0 Å². The Morgan fingerprint density at radius 3 is 1.07 bits per heavy atom. The summed E-state index contributed by atoms with van der Waals surface area (Å²) >= 11 is 0. The normalized spacial score (nSPS) is 10.2.